The van der Waals surface area contributed by atoms with Crippen LogP contribution < -0.4 is 14.8 Å². The van der Waals surface area contributed by atoms with Crippen molar-refractivity contribution in [3.05, 3.63) is 82.9 Å². The van der Waals surface area contributed by atoms with Gasteiger partial charge in [0.05, 0.1) is 0 Å². The van der Waals surface area contributed by atoms with Crippen LogP contribution in [0.3, 0.4) is 0 Å². The second-order valence-electron chi connectivity index (χ2n) is 8.68. The van der Waals surface area contributed by atoms with Crippen LogP contribution in [0.25, 0.3) is 0 Å². The molecule has 3 aromatic rings. The van der Waals surface area contributed by atoms with Gasteiger partial charge in [-0.05, 0) is 47.0 Å². The Morgan fingerprint density at radius 1 is 1.03 bits per heavy atom. The Bertz CT molecular complexity index is 1080. The van der Waals surface area contributed by atoms with Crippen LogP contribution in [-0.2, 0) is 12.0 Å². The average molecular weight is 468 g/mol. The van der Waals surface area contributed by atoms with Gasteiger partial charge in [0.2, 0.25) is 5.28 Å². The van der Waals surface area contributed by atoms with Crippen molar-refractivity contribution in [2.45, 2.75) is 50.9 Å². The third kappa shape index (κ3) is 5.73. The van der Waals surface area contributed by atoms with Gasteiger partial charge >= 0.3 is 6.09 Å². The van der Waals surface area contributed by atoms with Gasteiger partial charge in [-0.2, -0.15) is 0 Å². The van der Waals surface area contributed by atoms with E-state index in [2.05, 4.69) is 53.4 Å². The van der Waals surface area contributed by atoms with Crippen LogP contribution in [-0.4, -0.2) is 33.3 Å². The lowest BCUT2D eigenvalue weighted by Crippen LogP contribution is -2.48. The number of ether oxygens (including phenoxy) is 2. The number of hydrogen-bond acceptors (Lipinski definition) is 5. The molecule has 8 heteroatoms. The Labute approximate surface area is 197 Å². The normalized spacial score (nSPS) is 17.7. The van der Waals surface area contributed by atoms with E-state index in [0.29, 0.717) is 19.4 Å². The lowest BCUT2D eigenvalue weighted by atomic mass is 9.78. The van der Waals surface area contributed by atoms with Crippen LogP contribution >= 0.6 is 11.6 Å². The molecule has 2 aromatic carbocycles. The van der Waals surface area contributed by atoms with Gasteiger partial charge in [0.1, 0.15) is 24.2 Å². The third-order valence-electron chi connectivity index (χ3n) is 5.96. The Balaban J connectivity index is 1.33. The molecule has 0 saturated heterocycles. The van der Waals surface area contributed by atoms with Crippen molar-refractivity contribution in [1.82, 2.24) is 15.3 Å². The molecule has 1 aliphatic carbocycles. The fourth-order valence-electron chi connectivity index (χ4n) is 3.81. The van der Waals surface area contributed by atoms with Crippen LogP contribution in [0.4, 0.5) is 4.79 Å². The highest BCUT2D eigenvalue weighted by Crippen LogP contribution is 2.34. The number of nitrogens with zero attached hydrogens (tertiary/aromatic N) is 2. The first-order valence-corrected chi connectivity index (χ1v) is 11.1. The van der Waals surface area contributed by atoms with E-state index in [4.69, 9.17) is 26.2 Å². The zero-order valence-electron chi connectivity index (χ0n) is 18.5. The summed E-state index contributed by atoms with van der Waals surface area (Å²) in [6.07, 6.45) is 3.75. The summed E-state index contributed by atoms with van der Waals surface area (Å²) in [4.78, 5) is 18.6. The van der Waals surface area contributed by atoms with Crippen LogP contribution in [0.2, 0.25) is 5.28 Å². The van der Waals surface area contributed by atoms with Crippen molar-refractivity contribution >= 4 is 17.7 Å². The predicted octanol–water partition coefficient (Wildman–Crippen LogP) is 5.21. The Hall–Kier alpha value is -3.32. The summed E-state index contributed by atoms with van der Waals surface area (Å²) in [6.45, 7) is 4.73. The maximum absolute atomic E-state index is 10.7. The number of amides is 1. The summed E-state index contributed by atoms with van der Waals surface area (Å²) < 4.78 is 11.8. The Morgan fingerprint density at radius 2 is 1.58 bits per heavy atom. The minimum atomic E-state index is -0.985. The van der Waals surface area contributed by atoms with E-state index in [1.54, 1.807) is 12.4 Å². The first-order chi connectivity index (χ1) is 15.8. The van der Waals surface area contributed by atoms with Crippen LogP contribution in [0.15, 0.2) is 60.9 Å². The summed E-state index contributed by atoms with van der Waals surface area (Å²) in [5.41, 5.74) is 2.98. The maximum atomic E-state index is 10.7. The highest BCUT2D eigenvalue weighted by Gasteiger charge is 2.32. The Morgan fingerprint density at radius 3 is 2.12 bits per heavy atom. The first-order valence-electron chi connectivity index (χ1n) is 10.8. The molecule has 0 unspecified atom stereocenters. The summed E-state index contributed by atoms with van der Waals surface area (Å²) in [5, 5.41) is 11.5. The van der Waals surface area contributed by atoms with Crippen LogP contribution in [0, 0.1) is 0 Å². The molecule has 0 radical (unpaired) electrons. The third-order valence-corrected chi connectivity index (χ3v) is 6.15. The van der Waals surface area contributed by atoms with E-state index >= 15 is 0 Å². The van der Waals surface area contributed by atoms with E-state index < -0.39 is 6.09 Å². The van der Waals surface area contributed by atoms with E-state index in [1.165, 1.54) is 11.1 Å². The van der Waals surface area contributed by atoms with Gasteiger partial charge in [-0.25, -0.2) is 14.8 Å². The summed E-state index contributed by atoms with van der Waals surface area (Å²) >= 11 is 5.71. The molecule has 0 spiro atoms. The molecule has 172 valence electrons. The highest BCUT2D eigenvalue weighted by atomic mass is 35.5. The smallest absolute Gasteiger partial charge is 0.404 e. The standard InChI is InChI=1S/C25H26ClN3O4/c1-25(2,17-3-7-20(8-4-17)32-15-16-13-27-23(26)28-14-16)18-5-9-21(10-6-18)33-22-11-19(12-22)29-24(30)31/h3-10,13-14,19,22,29H,11-12,15H2,1-2H3,(H,30,31). The molecule has 1 amide bonds. The Kier molecular flexibility index (Phi) is 6.70. The summed E-state index contributed by atoms with van der Waals surface area (Å²) in [7, 11) is 0. The van der Waals surface area contributed by atoms with E-state index in [1.807, 2.05) is 24.3 Å². The minimum absolute atomic E-state index is 0.0165. The van der Waals surface area contributed by atoms with Crippen LogP contribution in [0.5, 0.6) is 11.5 Å². The molecule has 0 bridgehead atoms. The van der Waals surface area contributed by atoms with E-state index in [-0.39, 0.29) is 22.8 Å². The van der Waals surface area contributed by atoms with Gasteiger partial charge in [0.15, 0.2) is 0 Å². The van der Waals surface area contributed by atoms with Gasteiger partial charge < -0.3 is 19.9 Å². The molecule has 0 atom stereocenters. The van der Waals surface area contributed by atoms with Gasteiger partial charge in [0.25, 0.3) is 0 Å². The van der Waals surface area contributed by atoms with Crippen molar-refractivity contribution in [2.75, 3.05) is 0 Å². The molecule has 1 aliphatic rings. The number of aromatic nitrogens is 2. The number of benzene rings is 2. The molecular weight excluding hydrogens is 442 g/mol. The molecular formula is C25H26ClN3O4. The summed E-state index contributed by atoms with van der Waals surface area (Å²) in [6, 6.07) is 16.1. The monoisotopic (exact) mass is 467 g/mol. The van der Waals surface area contributed by atoms with Crippen molar-refractivity contribution in [1.29, 1.82) is 0 Å². The lowest BCUT2D eigenvalue weighted by Gasteiger charge is -2.35. The molecule has 7 nitrogen and oxygen atoms in total. The van der Waals surface area contributed by atoms with Crippen molar-refractivity contribution in [3.63, 3.8) is 0 Å². The zero-order chi connectivity index (χ0) is 23.4. The molecule has 1 heterocycles. The van der Waals surface area contributed by atoms with Crippen molar-refractivity contribution in [3.8, 4) is 11.5 Å². The second-order valence-corrected chi connectivity index (χ2v) is 9.02. The van der Waals surface area contributed by atoms with E-state index in [9.17, 15) is 4.79 Å². The fourth-order valence-corrected chi connectivity index (χ4v) is 3.91. The number of carbonyl (C=O) groups is 1. The van der Waals surface area contributed by atoms with Gasteiger partial charge in [-0.3, -0.25) is 0 Å². The molecule has 33 heavy (non-hydrogen) atoms. The van der Waals surface area contributed by atoms with Gasteiger partial charge in [-0.1, -0.05) is 38.1 Å². The molecule has 0 aliphatic heterocycles. The molecule has 1 aromatic heterocycles. The van der Waals surface area contributed by atoms with Crippen molar-refractivity contribution in [2.24, 2.45) is 0 Å². The van der Waals surface area contributed by atoms with Crippen LogP contribution in [0.1, 0.15) is 43.4 Å². The van der Waals surface area contributed by atoms with E-state index in [0.717, 1.165) is 17.1 Å². The molecule has 2 N–H and O–H groups in total. The summed E-state index contributed by atoms with van der Waals surface area (Å²) in [5.74, 6) is 1.56. The lowest BCUT2D eigenvalue weighted by molar-refractivity contribution is 0.0833. The van der Waals surface area contributed by atoms with Gasteiger partial charge in [0, 0.05) is 42.3 Å². The largest absolute Gasteiger partial charge is 0.490 e. The number of halogens is 1. The van der Waals surface area contributed by atoms with Crippen molar-refractivity contribution < 1.29 is 19.4 Å². The molecule has 1 fully saturated rings. The fraction of sp³-hybridized carbons (Fsp3) is 0.320. The average Bonchev–Trinajstić information content (AvgIpc) is 2.78. The number of nitrogens with one attached hydrogen (secondary N) is 1. The number of rotatable bonds is 8. The second kappa shape index (κ2) is 9.67. The predicted molar refractivity (Wildman–Crippen MR) is 125 cm³/mol. The molecule has 1 saturated carbocycles. The SMILES string of the molecule is CC(C)(c1ccc(OCc2cnc(Cl)nc2)cc1)c1ccc(OC2CC(NC(=O)O)C2)cc1. The quantitative estimate of drug-likeness (QED) is 0.441. The number of carboxylic acid groups (broad SMARTS) is 1. The minimum Gasteiger partial charge on any atom is -0.490 e. The zero-order valence-corrected chi connectivity index (χ0v) is 19.2. The first kappa shape index (κ1) is 22.9. The van der Waals surface area contributed by atoms with Gasteiger partial charge in [-0.15, -0.1) is 0 Å². The molecule has 4 rings (SSSR count). The topological polar surface area (TPSA) is 93.6 Å². The number of hydrogen-bond donors (Lipinski definition) is 2. The maximum Gasteiger partial charge on any atom is 0.404 e. The highest BCUT2D eigenvalue weighted by molar-refractivity contribution is 6.28.